The van der Waals surface area contributed by atoms with Crippen molar-refractivity contribution in [1.82, 2.24) is 19.5 Å². The number of hydrogen-bond donors (Lipinski definition) is 1. The summed E-state index contributed by atoms with van der Waals surface area (Å²) in [5, 5.41) is 7.93. The minimum Gasteiger partial charge on any atom is -0.353 e. The standard InChI is InChI=1S/C15H21N5/c1-11-3-2-4-14-17-15(18-20(11)14)16-9-12-7-8-19(10-12)13-5-6-13/h2-4,12-13H,5-10H2,1H3,(H,16,18). The average molecular weight is 271 g/mol. The third-order valence-electron chi connectivity index (χ3n) is 4.48. The molecule has 0 spiro atoms. The van der Waals surface area contributed by atoms with Crippen LogP contribution in [-0.2, 0) is 0 Å². The quantitative estimate of drug-likeness (QED) is 0.923. The van der Waals surface area contributed by atoms with E-state index in [1.54, 1.807) is 0 Å². The van der Waals surface area contributed by atoms with Gasteiger partial charge in [0.25, 0.3) is 0 Å². The Balaban J connectivity index is 1.39. The molecule has 1 saturated heterocycles. The van der Waals surface area contributed by atoms with Crippen LogP contribution in [0.2, 0.25) is 0 Å². The summed E-state index contributed by atoms with van der Waals surface area (Å²) in [4.78, 5) is 7.17. The summed E-state index contributed by atoms with van der Waals surface area (Å²) in [6, 6.07) is 6.97. The number of nitrogens with one attached hydrogen (secondary N) is 1. The molecule has 0 amide bonds. The lowest BCUT2D eigenvalue weighted by molar-refractivity contribution is 0.316. The van der Waals surface area contributed by atoms with Gasteiger partial charge < -0.3 is 10.2 Å². The fourth-order valence-electron chi connectivity index (χ4n) is 3.15. The molecule has 1 aliphatic heterocycles. The van der Waals surface area contributed by atoms with Gasteiger partial charge in [-0.2, -0.15) is 4.98 Å². The highest BCUT2D eigenvalue weighted by Crippen LogP contribution is 2.31. The van der Waals surface area contributed by atoms with Gasteiger partial charge in [-0.1, -0.05) is 6.07 Å². The normalized spacial score (nSPS) is 23.6. The Bertz CT molecular complexity index is 616. The summed E-state index contributed by atoms with van der Waals surface area (Å²) < 4.78 is 1.90. The minimum atomic E-state index is 0.739. The number of fused-ring (bicyclic) bond motifs is 1. The summed E-state index contributed by atoms with van der Waals surface area (Å²) >= 11 is 0. The van der Waals surface area contributed by atoms with Crippen LogP contribution in [0.15, 0.2) is 18.2 Å². The summed E-state index contributed by atoms with van der Waals surface area (Å²) in [5.74, 6) is 1.49. The van der Waals surface area contributed by atoms with Gasteiger partial charge in [0.15, 0.2) is 5.65 Å². The predicted molar refractivity (Wildman–Crippen MR) is 78.9 cm³/mol. The van der Waals surface area contributed by atoms with Crippen LogP contribution in [-0.4, -0.2) is 45.2 Å². The smallest absolute Gasteiger partial charge is 0.243 e. The summed E-state index contributed by atoms with van der Waals surface area (Å²) in [6.07, 6.45) is 4.12. The number of rotatable bonds is 4. The molecule has 4 rings (SSSR count). The highest BCUT2D eigenvalue weighted by molar-refractivity contribution is 5.44. The predicted octanol–water partition coefficient (Wildman–Crippen LogP) is 1.93. The zero-order valence-corrected chi connectivity index (χ0v) is 11.9. The van der Waals surface area contributed by atoms with Gasteiger partial charge >= 0.3 is 0 Å². The van der Waals surface area contributed by atoms with Crippen LogP contribution >= 0.6 is 0 Å². The number of aryl methyl sites for hydroxylation is 1. The molecule has 1 saturated carbocycles. The second-order valence-corrected chi connectivity index (χ2v) is 6.13. The average Bonchev–Trinajstić information content (AvgIpc) is 3.03. The molecular formula is C15H21N5. The van der Waals surface area contributed by atoms with E-state index < -0.39 is 0 Å². The molecule has 0 radical (unpaired) electrons. The first-order valence-electron chi connectivity index (χ1n) is 7.60. The second-order valence-electron chi connectivity index (χ2n) is 6.13. The van der Waals surface area contributed by atoms with Gasteiger partial charge in [-0.25, -0.2) is 4.52 Å². The van der Waals surface area contributed by atoms with Crippen LogP contribution < -0.4 is 5.32 Å². The van der Waals surface area contributed by atoms with Crippen molar-refractivity contribution in [2.45, 2.75) is 32.2 Å². The van der Waals surface area contributed by atoms with Crippen molar-refractivity contribution in [3.05, 3.63) is 23.9 Å². The third kappa shape index (κ3) is 2.26. The third-order valence-corrected chi connectivity index (χ3v) is 4.48. The highest BCUT2D eigenvalue weighted by Gasteiger charge is 2.34. The van der Waals surface area contributed by atoms with Crippen LogP contribution in [0, 0.1) is 12.8 Å². The number of pyridine rings is 1. The Morgan fingerprint density at radius 1 is 1.30 bits per heavy atom. The van der Waals surface area contributed by atoms with Gasteiger partial charge in [-0.3, -0.25) is 0 Å². The van der Waals surface area contributed by atoms with Gasteiger partial charge in [-0.05, 0) is 50.8 Å². The molecule has 2 aromatic heterocycles. The van der Waals surface area contributed by atoms with Crippen molar-refractivity contribution in [2.75, 3.05) is 25.0 Å². The van der Waals surface area contributed by atoms with Gasteiger partial charge in [0.05, 0.1) is 0 Å². The summed E-state index contributed by atoms with van der Waals surface area (Å²) in [6.45, 7) is 5.55. The Morgan fingerprint density at radius 2 is 2.20 bits per heavy atom. The number of anilines is 1. The maximum Gasteiger partial charge on any atom is 0.243 e. The molecule has 1 atom stereocenters. The first-order valence-corrected chi connectivity index (χ1v) is 7.60. The lowest BCUT2D eigenvalue weighted by atomic mass is 10.1. The van der Waals surface area contributed by atoms with E-state index in [2.05, 4.69) is 33.3 Å². The Hall–Kier alpha value is -1.62. The molecule has 5 nitrogen and oxygen atoms in total. The lowest BCUT2D eigenvalue weighted by Crippen LogP contribution is -2.25. The Kier molecular flexibility index (Phi) is 2.88. The molecule has 2 aliphatic rings. The van der Waals surface area contributed by atoms with E-state index in [1.807, 2.05) is 16.6 Å². The first kappa shape index (κ1) is 12.1. The Labute approximate surface area is 119 Å². The fourth-order valence-corrected chi connectivity index (χ4v) is 3.15. The number of hydrogen-bond acceptors (Lipinski definition) is 4. The first-order chi connectivity index (χ1) is 9.79. The van der Waals surface area contributed by atoms with E-state index in [1.165, 1.54) is 32.4 Å². The van der Waals surface area contributed by atoms with Crippen molar-refractivity contribution in [3.8, 4) is 0 Å². The molecular weight excluding hydrogens is 250 g/mol. The minimum absolute atomic E-state index is 0.739. The molecule has 2 aromatic rings. The van der Waals surface area contributed by atoms with Gasteiger partial charge in [0, 0.05) is 24.8 Å². The van der Waals surface area contributed by atoms with E-state index in [9.17, 15) is 0 Å². The van der Waals surface area contributed by atoms with Crippen LogP contribution in [0.4, 0.5) is 5.95 Å². The molecule has 5 heteroatoms. The van der Waals surface area contributed by atoms with E-state index in [-0.39, 0.29) is 0 Å². The molecule has 106 valence electrons. The highest BCUT2D eigenvalue weighted by atomic mass is 15.4. The monoisotopic (exact) mass is 271 g/mol. The zero-order chi connectivity index (χ0) is 13.5. The molecule has 1 aliphatic carbocycles. The van der Waals surface area contributed by atoms with Crippen molar-refractivity contribution < 1.29 is 0 Å². The molecule has 0 bridgehead atoms. The maximum absolute atomic E-state index is 4.53. The van der Waals surface area contributed by atoms with E-state index in [4.69, 9.17) is 0 Å². The van der Waals surface area contributed by atoms with Gasteiger partial charge in [0.1, 0.15) is 0 Å². The number of nitrogens with zero attached hydrogens (tertiary/aromatic N) is 4. The van der Waals surface area contributed by atoms with Crippen LogP contribution in [0.25, 0.3) is 5.65 Å². The van der Waals surface area contributed by atoms with Crippen LogP contribution in [0.5, 0.6) is 0 Å². The molecule has 1 unspecified atom stereocenters. The fraction of sp³-hybridized carbons (Fsp3) is 0.600. The topological polar surface area (TPSA) is 45.5 Å². The number of likely N-dealkylation sites (tertiary alicyclic amines) is 1. The molecule has 20 heavy (non-hydrogen) atoms. The summed E-state index contributed by atoms with van der Waals surface area (Å²) in [7, 11) is 0. The molecule has 1 N–H and O–H groups in total. The van der Waals surface area contributed by atoms with Crippen molar-refractivity contribution in [3.63, 3.8) is 0 Å². The maximum atomic E-state index is 4.53. The lowest BCUT2D eigenvalue weighted by Gasteiger charge is -2.14. The van der Waals surface area contributed by atoms with E-state index >= 15 is 0 Å². The van der Waals surface area contributed by atoms with Crippen LogP contribution in [0.1, 0.15) is 25.0 Å². The van der Waals surface area contributed by atoms with E-state index in [0.717, 1.165) is 35.8 Å². The van der Waals surface area contributed by atoms with Crippen LogP contribution in [0.3, 0.4) is 0 Å². The molecule has 2 fully saturated rings. The van der Waals surface area contributed by atoms with Gasteiger partial charge in [-0.15, -0.1) is 5.10 Å². The molecule has 0 aromatic carbocycles. The van der Waals surface area contributed by atoms with E-state index in [0.29, 0.717) is 0 Å². The Morgan fingerprint density at radius 3 is 3.00 bits per heavy atom. The number of aromatic nitrogens is 3. The second kappa shape index (κ2) is 4.74. The SMILES string of the molecule is Cc1cccc2nc(NCC3CCN(C4CC4)C3)nn12. The van der Waals surface area contributed by atoms with Crippen molar-refractivity contribution in [2.24, 2.45) is 5.92 Å². The zero-order valence-electron chi connectivity index (χ0n) is 11.9. The van der Waals surface area contributed by atoms with Crippen molar-refractivity contribution in [1.29, 1.82) is 0 Å². The molecule has 3 heterocycles. The van der Waals surface area contributed by atoms with Gasteiger partial charge in [0.2, 0.25) is 5.95 Å². The summed E-state index contributed by atoms with van der Waals surface area (Å²) in [5.41, 5.74) is 2.03. The van der Waals surface area contributed by atoms with Crippen molar-refractivity contribution >= 4 is 11.6 Å². The largest absolute Gasteiger partial charge is 0.353 e.